The molecule has 5 nitrogen and oxygen atoms in total. The Kier molecular flexibility index (Phi) is 4.00. The largest absolute Gasteiger partial charge is 0.336 e. The standard InChI is InChI=1S/C8H9ClN4OS/c1-5(3-4-10)13(2)7(14)6-11-12-8(9)15-6/h5H,3H2,1-2H3. The number of halogens is 1. The quantitative estimate of drug-likeness (QED) is 0.809. The van der Waals surface area contributed by atoms with Crippen molar-refractivity contribution >= 4 is 28.8 Å². The van der Waals surface area contributed by atoms with E-state index in [-0.39, 0.29) is 27.8 Å². The predicted molar refractivity (Wildman–Crippen MR) is 56.7 cm³/mol. The first-order valence-corrected chi connectivity index (χ1v) is 5.38. The molecule has 0 aliphatic heterocycles. The summed E-state index contributed by atoms with van der Waals surface area (Å²) in [4.78, 5) is 13.2. The second-order valence-electron chi connectivity index (χ2n) is 2.99. The normalized spacial score (nSPS) is 11.9. The number of hydrogen-bond donors (Lipinski definition) is 0. The van der Waals surface area contributed by atoms with Crippen LogP contribution in [-0.2, 0) is 0 Å². The van der Waals surface area contributed by atoms with Crippen LogP contribution in [0, 0.1) is 11.3 Å². The van der Waals surface area contributed by atoms with Gasteiger partial charge in [-0.25, -0.2) is 0 Å². The smallest absolute Gasteiger partial charge is 0.284 e. The lowest BCUT2D eigenvalue weighted by Crippen LogP contribution is -2.34. The van der Waals surface area contributed by atoms with E-state index >= 15 is 0 Å². The number of nitriles is 1. The molecule has 80 valence electrons. The first-order chi connectivity index (χ1) is 7.06. The minimum atomic E-state index is -0.262. The Bertz CT molecular complexity index is 400. The maximum atomic E-state index is 11.7. The molecule has 0 aliphatic carbocycles. The van der Waals surface area contributed by atoms with Gasteiger partial charge in [0, 0.05) is 13.1 Å². The van der Waals surface area contributed by atoms with E-state index in [0.717, 1.165) is 11.3 Å². The summed E-state index contributed by atoms with van der Waals surface area (Å²) in [6, 6.07) is 1.86. The van der Waals surface area contributed by atoms with Crippen molar-refractivity contribution in [2.24, 2.45) is 0 Å². The van der Waals surface area contributed by atoms with Gasteiger partial charge < -0.3 is 4.90 Å². The summed E-state index contributed by atoms with van der Waals surface area (Å²) in [5.41, 5.74) is 0. The van der Waals surface area contributed by atoms with Crippen molar-refractivity contribution in [2.45, 2.75) is 19.4 Å². The topological polar surface area (TPSA) is 69.9 Å². The van der Waals surface area contributed by atoms with Crippen molar-refractivity contribution < 1.29 is 4.79 Å². The number of rotatable bonds is 3. The first kappa shape index (κ1) is 11.9. The van der Waals surface area contributed by atoms with Crippen molar-refractivity contribution in [1.29, 1.82) is 5.26 Å². The average molecular weight is 245 g/mol. The highest BCUT2D eigenvalue weighted by Crippen LogP contribution is 2.17. The summed E-state index contributed by atoms with van der Waals surface area (Å²) >= 11 is 6.60. The molecule has 1 aromatic heterocycles. The number of nitrogens with zero attached hydrogens (tertiary/aromatic N) is 4. The van der Waals surface area contributed by atoms with Crippen LogP contribution >= 0.6 is 22.9 Å². The number of carbonyl (C=O) groups excluding carboxylic acids is 1. The molecule has 0 N–H and O–H groups in total. The third-order valence-electron chi connectivity index (χ3n) is 1.95. The van der Waals surface area contributed by atoms with E-state index in [1.807, 2.05) is 6.07 Å². The lowest BCUT2D eigenvalue weighted by atomic mass is 10.2. The van der Waals surface area contributed by atoms with Gasteiger partial charge in [0.05, 0.1) is 12.5 Å². The number of amides is 1. The highest BCUT2D eigenvalue weighted by atomic mass is 35.5. The molecule has 0 aromatic carbocycles. The summed E-state index contributed by atoms with van der Waals surface area (Å²) in [5.74, 6) is -0.262. The van der Waals surface area contributed by atoms with Crippen LogP contribution in [0.3, 0.4) is 0 Å². The third kappa shape index (κ3) is 2.88. The molecule has 0 saturated heterocycles. The SMILES string of the molecule is CC(CC#N)N(C)C(=O)c1nnc(Cl)s1. The molecule has 15 heavy (non-hydrogen) atoms. The van der Waals surface area contributed by atoms with Crippen molar-refractivity contribution in [3.63, 3.8) is 0 Å². The van der Waals surface area contributed by atoms with Crippen LogP contribution in [0.4, 0.5) is 0 Å². The monoisotopic (exact) mass is 244 g/mol. The summed E-state index contributed by atoms with van der Waals surface area (Å²) < 4.78 is 0.236. The van der Waals surface area contributed by atoms with Crippen molar-refractivity contribution in [3.8, 4) is 6.07 Å². The van der Waals surface area contributed by atoms with Gasteiger partial charge in [-0.3, -0.25) is 4.79 Å². The molecule has 1 aromatic rings. The molecule has 1 atom stereocenters. The summed E-state index contributed by atoms with van der Waals surface area (Å²) in [6.07, 6.45) is 0.286. The van der Waals surface area contributed by atoms with Crippen molar-refractivity contribution in [3.05, 3.63) is 9.47 Å². The van der Waals surface area contributed by atoms with Crippen LogP contribution in [0.2, 0.25) is 4.47 Å². The van der Waals surface area contributed by atoms with E-state index in [1.165, 1.54) is 4.90 Å². The first-order valence-electron chi connectivity index (χ1n) is 4.19. The van der Waals surface area contributed by atoms with Crippen LogP contribution in [0.25, 0.3) is 0 Å². The molecule has 0 radical (unpaired) electrons. The molecule has 0 aliphatic rings. The van der Waals surface area contributed by atoms with E-state index in [2.05, 4.69) is 10.2 Å². The van der Waals surface area contributed by atoms with Gasteiger partial charge in [-0.05, 0) is 18.5 Å². The predicted octanol–water partition coefficient (Wildman–Crippen LogP) is 1.57. The van der Waals surface area contributed by atoms with E-state index in [0.29, 0.717) is 0 Å². The molecule has 0 bridgehead atoms. The Morgan fingerprint density at radius 1 is 1.73 bits per heavy atom. The van der Waals surface area contributed by atoms with Gasteiger partial charge in [0.15, 0.2) is 0 Å². The Labute approximate surface area is 96.3 Å². The van der Waals surface area contributed by atoms with E-state index in [1.54, 1.807) is 14.0 Å². The van der Waals surface area contributed by atoms with Crippen LogP contribution < -0.4 is 0 Å². The minimum Gasteiger partial charge on any atom is -0.336 e. The van der Waals surface area contributed by atoms with E-state index in [9.17, 15) is 4.79 Å². The minimum absolute atomic E-state index is 0.148. The Hall–Kier alpha value is -1.19. The van der Waals surface area contributed by atoms with Gasteiger partial charge in [-0.15, -0.1) is 10.2 Å². The van der Waals surface area contributed by atoms with Crippen LogP contribution in [0.5, 0.6) is 0 Å². The molecule has 1 unspecified atom stereocenters. The highest BCUT2D eigenvalue weighted by molar-refractivity contribution is 7.17. The van der Waals surface area contributed by atoms with Gasteiger partial charge in [-0.1, -0.05) is 11.3 Å². The van der Waals surface area contributed by atoms with Crippen LogP contribution in [-0.4, -0.2) is 34.1 Å². The van der Waals surface area contributed by atoms with Gasteiger partial charge in [0.1, 0.15) is 0 Å². The Balaban J connectivity index is 2.73. The zero-order valence-corrected chi connectivity index (χ0v) is 9.84. The summed E-state index contributed by atoms with van der Waals surface area (Å²) in [6.45, 7) is 1.80. The van der Waals surface area contributed by atoms with Gasteiger partial charge in [-0.2, -0.15) is 5.26 Å². The van der Waals surface area contributed by atoms with E-state index in [4.69, 9.17) is 16.9 Å². The fraction of sp³-hybridized carbons (Fsp3) is 0.500. The second-order valence-corrected chi connectivity index (χ2v) is 4.55. The highest BCUT2D eigenvalue weighted by Gasteiger charge is 2.20. The van der Waals surface area contributed by atoms with E-state index < -0.39 is 0 Å². The molecule has 1 rings (SSSR count). The maximum absolute atomic E-state index is 11.7. The lowest BCUT2D eigenvalue weighted by molar-refractivity contribution is 0.0745. The number of hydrogen-bond acceptors (Lipinski definition) is 5. The van der Waals surface area contributed by atoms with Gasteiger partial charge in [0.25, 0.3) is 5.91 Å². The number of carbonyl (C=O) groups is 1. The summed E-state index contributed by atoms with van der Waals surface area (Å²) in [5, 5.41) is 15.9. The van der Waals surface area contributed by atoms with Crippen molar-refractivity contribution in [1.82, 2.24) is 15.1 Å². The molecule has 1 heterocycles. The molecule has 0 spiro atoms. The van der Waals surface area contributed by atoms with Crippen LogP contribution in [0.15, 0.2) is 0 Å². The van der Waals surface area contributed by atoms with Gasteiger partial charge >= 0.3 is 0 Å². The Morgan fingerprint density at radius 2 is 2.40 bits per heavy atom. The lowest BCUT2D eigenvalue weighted by Gasteiger charge is -2.21. The molecule has 7 heteroatoms. The molecular weight excluding hydrogens is 236 g/mol. The number of aromatic nitrogens is 2. The average Bonchev–Trinajstić information content (AvgIpc) is 2.63. The summed E-state index contributed by atoms with van der Waals surface area (Å²) in [7, 11) is 1.62. The molecular formula is C8H9ClN4OS. The fourth-order valence-corrected chi connectivity index (χ4v) is 1.72. The fourth-order valence-electron chi connectivity index (χ4n) is 0.912. The second kappa shape index (κ2) is 5.05. The van der Waals surface area contributed by atoms with Crippen molar-refractivity contribution in [2.75, 3.05) is 7.05 Å². The molecule has 1 amide bonds. The van der Waals surface area contributed by atoms with Crippen LogP contribution in [0.1, 0.15) is 23.1 Å². The zero-order valence-electron chi connectivity index (χ0n) is 8.27. The Morgan fingerprint density at radius 3 is 2.87 bits per heavy atom. The maximum Gasteiger partial charge on any atom is 0.284 e. The molecule has 0 saturated carbocycles. The molecule has 0 fully saturated rings. The zero-order chi connectivity index (χ0) is 11.4. The van der Waals surface area contributed by atoms with Gasteiger partial charge in [0.2, 0.25) is 9.47 Å². The third-order valence-corrected chi connectivity index (χ3v) is 2.96.